The number of rotatable bonds is 6. The Balaban J connectivity index is 1.37. The van der Waals surface area contributed by atoms with Crippen molar-refractivity contribution in [3.05, 3.63) is 53.6 Å². The third kappa shape index (κ3) is 4.72. The molecule has 2 aliphatic heterocycles. The van der Waals surface area contributed by atoms with Gasteiger partial charge in [0.2, 0.25) is 10.0 Å². The van der Waals surface area contributed by atoms with Gasteiger partial charge in [0, 0.05) is 18.7 Å². The Bertz CT molecular complexity index is 1070. The van der Waals surface area contributed by atoms with E-state index >= 15 is 0 Å². The molecular weight excluding hydrogens is 422 g/mol. The second-order valence-electron chi connectivity index (χ2n) is 7.35. The zero-order chi connectivity index (χ0) is 21.8. The lowest BCUT2D eigenvalue weighted by Gasteiger charge is -2.25. The fourth-order valence-corrected chi connectivity index (χ4v) is 5.05. The van der Waals surface area contributed by atoms with Crippen molar-refractivity contribution >= 4 is 21.8 Å². The summed E-state index contributed by atoms with van der Waals surface area (Å²) in [6.07, 6.45) is 2.74. The molecule has 2 heterocycles. The Morgan fingerprint density at radius 2 is 1.52 bits per heavy atom. The third-order valence-electron chi connectivity index (χ3n) is 5.24. The van der Waals surface area contributed by atoms with Gasteiger partial charge in [0.25, 0.3) is 0 Å². The summed E-state index contributed by atoms with van der Waals surface area (Å²) in [4.78, 5) is 24.8. The zero-order valence-corrected chi connectivity index (χ0v) is 17.7. The lowest BCUT2D eigenvalue weighted by atomic mass is 10.1. The molecule has 0 amide bonds. The molecule has 2 aliphatic rings. The predicted molar refractivity (Wildman–Crippen MR) is 111 cm³/mol. The molecule has 0 saturated carbocycles. The molecule has 0 atom stereocenters. The SMILES string of the molecule is O=C(COC(=O)c1ccc2c(c1)OCCO2)c1ccc(S(=O)(=O)N2CCCCC2)cc1. The van der Waals surface area contributed by atoms with Crippen LogP contribution in [0.5, 0.6) is 11.5 Å². The van der Waals surface area contributed by atoms with Crippen LogP contribution < -0.4 is 9.47 Å². The number of ketones is 1. The van der Waals surface area contributed by atoms with E-state index in [2.05, 4.69) is 0 Å². The molecular formula is C22H23NO7S. The molecule has 4 rings (SSSR count). The average molecular weight is 445 g/mol. The summed E-state index contributed by atoms with van der Waals surface area (Å²) in [5, 5.41) is 0. The molecule has 0 aromatic heterocycles. The van der Waals surface area contributed by atoms with Crippen LogP contribution in [0.2, 0.25) is 0 Å². The van der Waals surface area contributed by atoms with E-state index in [0.29, 0.717) is 37.8 Å². The Morgan fingerprint density at radius 3 is 2.23 bits per heavy atom. The van der Waals surface area contributed by atoms with Crippen molar-refractivity contribution < 1.29 is 32.2 Å². The van der Waals surface area contributed by atoms with Crippen LogP contribution in [-0.4, -0.2) is 57.4 Å². The van der Waals surface area contributed by atoms with Gasteiger partial charge in [-0.05, 0) is 55.3 Å². The molecule has 0 N–H and O–H groups in total. The highest BCUT2D eigenvalue weighted by atomic mass is 32.2. The van der Waals surface area contributed by atoms with Crippen molar-refractivity contribution in [1.29, 1.82) is 0 Å². The van der Waals surface area contributed by atoms with E-state index in [1.165, 1.54) is 34.6 Å². The van der Waals surface area contributed by atoms with Gasteiger partial charge in [0.1, 0.15) is 13.2 Å². The fraction of sp³-hybridized carbons (Fsp3) is 0.364. The minimum Gasteiger partial charge on any atom is -0.486 e. The van der Waals surface area contributed by atoms with Crippen molar-refractivity contribution in [2.75, 3.05) is 32.9 Å². The second kappa shape index (κ2) is 9.07. The monoisotopic (exact) mass is 445 g/mol. The van der Waals surface area contributed by atoms with Crippen molar-refractivity contribution in [2.24, 2.45) is 0 Å². The van der Waals surface area contributed by atoms with Crippen LogP contribution in [0.15, 0.2) is 47.4 Å². The largest absolute Gasteiger partial charge is 0.486 e. The maximum Gasteiger partial charge on any atom is 0.338 e. The van der Waals surface area contributed by atoms with Crippen molar-refractivity contribution in [1.82, 2.24) is 4.31 Å². The third-order valence-corrected chi connectivity index (χ3v) is 7.15. The van der Waals surface area contributed by atoms with E-state index in [1.807, 2.05) is 0 Å². The summed E-state index contributed by atoms with van der Waals surface area (Å²) in [5.41, 5.74) is 0.521. The van der Waals surface area contributed by atoms with Gasteiger partial charge in [-0.2, -0.15) is 4.31 Å². The van der Waals surface area contributed by atoms with Gasteiger partial charge in [-0.25, -0.2) is 13.2 Å². The minimum absolute atomic E-state index is 0.152. The molecule has 8 nitrogen and oxygen atoms in total. The highest BCUT2D eigenvalue weighted by Gasteiger charge is 2.26. The maximum absolute atomic E-state index is 12.7. The lowest BCUT2D eigenvalue weighted by Crippen LogP contribution is -2.35. The first-order valence-corrected chi connectivity index (χ1v) is 11.6. The molecule has 0 bridgehead atoms. The van der Waals surface area contributed by atoms with E-state index in [9.17, 15) is 18.0 Å². The van der Waals surface area contributed by atoms with Gasteiger partial charge < -0.3 is 14.2 Å². The molecule has 0 spiro atoms. The summed E-state index contributed by atoms with van der Waals surface area (Å²) in [5.74, 6) is -0.0709. The molecule has 0 radical (unpaired) electrons. The van der Waals surface area contributed by atoms with Gasteiger partial charge in [-0.3, -0.25) is 4.79 Å². The molecule has 2 aromatic rings. The number of benzene rings is 2. The zero-order valence-electron chi connectivity index (χ0n) is 16.9. The first-order valence-electron chi connectivity index (χ1n) is 10.2. The number of esters is 1. The summed E-state index contributed by atoms with van der Waals surface area (Å²) in [7, 11) is -3.56. The van der Waals surface area contributed by atoms with E-state index in [1.54, 1.807) is 12.1 Å². The molecule has 2 aromatic carbocycles. The molecule has 164 valence electrons. The molecule has 1 fully saturated rings. The molecule has 1 saturated heterocycles. The number of Topliss-reactive ketones (excluding diaryl/α,β-unsaturated/α-hetero) is 1. The highest BCUT2D eigenvalue weighted by Crippen LogP contribution is 2.31. The predicted octanol–water partition coefficient (Wildman–Crippen LogP) is 2.67. The number of fused-ring (bicyclic) bond motifs is 1. The summed E-state index contributed by atoms with van der Waals surface area (Å²) >= 11 is 0. The van der Waals surface area contributed by atoms with Crippen LogP contribution >= 0.6 is 0 Å². The van der Waals surface area contributed by atoms with Crippen molar-refractivity contribution in [3.63, 3.8) is 0 Å². The topological polar surface area (TPSA) is 99.2 Å². The van der Waals surface area contributed by atoms with Gasteiger partial charge in [0.05, 0.1) is 10.5 Å². The smallest absolute Gasteiger partial charge is 0.338 e. The maximum atomic E-state index is 12.7. The van der Waals surface area contributed by atoms with Crippen molar-refractivity contribution in [3.8, 4) is 11.5 Å². The number of ether oxygens (including phenoxy) is 3. The normalized spacial score (nSPS) is 16.5. The van der Waals surface area contributed by atoms with Gasteiger partial charge in [-0.15, -0.1) is 0 Å². The van der Waals surface area contributed by atoms with Gasteiger partial charge in [-0.1, -0.05) is 6.42 Å². The average Bonchev–Trinajstić information content (AvgIpc) is 2.82. The number of carbonyl (C=O) groups is 2. The van der Waals surface area contributed by atoms with Crippen LogP contribution in [0, 0.1) is 0 Å². The number of hydrogen-bond donors (Lipinski definition) is 0. The summed E-state index contributed by atoms with van der Waals surface area (Å²) in [6, 6.07) is 10.4. The van der Waals surface area contributed by atoms with Gasteiger partial charge in [0.15, 0.2) is 23.9 Å². The van der Waals surface area contributed by atoms with Crippen LogP contribution in [-0.2, 0) is 14.8 Å². The fourth-order valence-electron chi connectivity index (χ4n) is 3.54. The van der Waals surface area contributed by atoms with E-state index in [0.717, 1.165) is 19.3 Å². The van der Waals surface area contributed by atoms with E-state index in [4.69, 9.17) is 14.2 Å². The highest BCUT2D eigenvalue weighted by molar-refractivity contribution is 7.89. The minimum atomic E-state index is -3.56. The Kier molecular flexibility index (Phi) is 6.24. The Morgan fingerprint density at radius 1 is 0.871 bits per heavy atom. The van der Waals surface area contributed by atoms with E-state index < -0.39 is 28.4 Å². The van der Waals surface area contributed by atoms with Crippen molar-refractivity contribution in [2.45, 2.75) is 24.2 Å². The lowest BCUT2D eigenvalue weighted by molar-refractivity contribution is 0.0474. The number of piperidine rings is 1. The summed E-state index contributed by atoms with van der Waals surface area (Å²) < 4.78 is 42.8. The second-order valence-corrected chi connectivity index (χ2v) is 9.28. The number of sulfonamides is 1. The first kappa shape index (κ1) is 21.3. The Hall–Kier alpha value is -2.91. The van der Waals surface area contributed by atoms with Gasteiger partial charge >= 0.3 is 5.97 Å². The number of hydrogen-bond acceptors (Lipinski definition) is 7. The summed E-state index contributed by atoms with van der Waals surface area (Å²) in [6.45, 7) is 1.42. The van der Waals surface area contributed by atoms with Crippen LogP contribution in [0.4, 0.5) is 0 Å². The Labute approximate surface area is 180 Å². The van der Waals surface area contributed by atoms with Crippen LogP contribution in [0.25, 0.3) is 0 Å². The van der Waals surface area contributed by atoms with Crippen LogP contribution in [0.3, 0.4) is 0 Å². The van der Waals surface area contributed by atoms with Crippen LogP contribution in [0.1, 0.15) is 40.0 Å². The van der Waals surface area contributed by atoms with E-state index in [-0.39, 0.29) is 16.0 Å². The molecule has 9 heteroatoms. The molecule has 31 heavy (non-hydrogen) atoms. The number of nitrogens with zero attached hydrogens (tertiary/aromatic N) is 1. The molecule has 0 aliphatic carbocycles. The molecule has 0 unspecified atom stereocenters. The quantitative estimate of drug-likeness (QED) is 0.498. The number of carbonyl (C=O) groups excluding carboxylic acids is 2. The first-order chi connectivity index (χ1) is 14.9. The standard InChI is InChI=1S/C22H23NO7S/c24-19(15-30-22(25)17-6-9-20-21(14-17)29-13-12-28-20)16-4-7-18(8-5-16)31(26,27)23-10-2-1-3-11-23/h4-9,14H,1-3,10-13,15H2.